The molecule has 0 unspecified atom stereocenters. The molecule has 0 saturated carbocycles. The van der Waals surface area contributed by atoms with Gasteiger partial charge in [-0.25, -0.2) is 9.97 Å². The van der Waals surface area contributed by atoms with E-state index in [2.05, 4.69) is 309 Å². The van der Waals surface area contributed by atoms with Crippen molar-refractivity contribution in [2.75, 3.05) is 0 Å². The van der Waals surface area contributed by atoms with Crippen LogP contribution in [0.2, 0.25) is 0 Å². The molecule has 0 bridgehead atoms. The Labute approximate surface area is 451 Å². The minimum absolute atomic E-state index is 0.880. The van der Waals surface area contributed by atoms with Gasteiger partial charge in [0.1, 0.15) is 11.6 Å². The van der Waals surface area contributed by atoms with Gasteiger partial charge in [0.15, 0.2) is 0 Å². The average Bonchev–Trinajstić information content (AvgIpc) is 4.47. The van der Waals surface area contributed by atoms with E-state index in [1.165, 1.54) is 21.5 Å². The van der Waals surface area contributed by atoms with Gasteiger partial charge < -0.3 is 9.13 Å². The highest BCUT2D eigenvalue weighted by molar-refractivity contribution is 6.29. The number of hydrogen-bond acceptors (Lipinski definition) is 2. The van der Waals surface area contributed by atoms with E-state index >= 15 is 0 Å². The maximum Gasteiger partial charge on any atom is 0.145 e. The monoisotopic (exact) mass is 996 g/mol. The summed E-state index contributed by atoms with van der Waals surface area (Å²) in [5.41, 5.74) is 19.2. The van der Waals surface area contributed by atoms with Gasteiger partial charge in [-0.1, -0.05) is 194 Å². The highest BCUT2D eigenvalue weighted by atomic mass is 15.1. The van der Waals surface area contributed by atoms with Crippen LogP contribution in [0, 0.1) is 0 Å². The molecule has 0 radical (unpaired) electrons. The molecule has 15 rings (SSSR count). The summed E-state index contributed by atoms with van der Waals surface area (Å²) in [6.07, 6.45) is 0. The fourth-order valence-corrected chi connectivity index (χ4v) is 11.8. The normalized spacial score (nSPS) is 11.6. The molecule has 78 heavy (non-hydrogen) atoms. The summed E-state index contributed by atoms with van der Waals surface area (Å²) in [7, 11) is 0. The Hall–Kier alpha value is -10.6. The predicted octanol–water partition coefficient (Wildman–Crippen LogP) is 18.3. The maximum atomic E-state index is 5.50. The van der Waals surface area contributed by atoms with Crippen LogP contribution < -0.4 is 0 Å². The summed E-state index contributed by atoms with van der Waals surface area (Å²) < 4.78 is 9.48. The zero-order chi connectivity index (χ0) is 51.5. The summed E-state index contributed by atoms with van der Waals surface area (Å²) in [5, 5.41) is 4.86. The number of aromatic nitrogens is 6. The van der Waals surface area contributed by atoms with Crippen LogP contribution in [0.5, 0.6) is 0 Å². The first-order chi connectivity index (χ1) is 38.7. The van der Waals surface area contributed by atoms with Crippen molar-refractivity contribution >= 4 is 43.6 Å². The second-order valence-corrected chi connectivity index (χ2v) is 19.7. The van der Waals surface area contributed by atoms with Crippen molar-refractivity contribution < 1.29 is 0 Å². The first-order valence-electron chi connectivity index (χ1n) is 26.5. The molecule has 0 saturated heterocycles. The number of hydrogen-bond donors (Lipinski definition) is 0. The number of imidazole rings is 2. The number of para-hydroxylation sites is 4. The molecule has 366 valence electrons. The van der Waals surface area contributed by atoms with Gasteiger partial charge in [0.2, 0.25) is 0 Å². The van der Waals surface area contributed by atoms with Gasteiger partial charge in [0.25, 0.3) is 0 Å². The van der Waals surface area contributed by atoms with E-state index in [1.54, 1.807) is 0 Å². The van der Waals surface area contributed by atoms with E-state index in [1.807, 2.05) is 0 Å². The van der Waals surface area contributed by atoms with Gasteiger partial charge >= 0.3 is 0 Å². The standard InChI is InChI=1S/C72H48N6/c1-7-23-49(24-8-1)67-69(51-27-11-3-12-28-51)77(55-31-15-5-16-32-55)71(73-67)53-39-43-57(44-40-53)75-61-37-21-19-35-59(61)65-63(75)47-48-64-66(65)60-36-20-22-38-62(60)76(64)58-45-41-54(42-46-58)72-74-68(50-25-9-2-10-26-50)70(52-29-13-4-14-30-52)78(72)56-33-17-6-18-34-56/h1-48H. The van der Waals surface area contributed by atoms with Crippen molar-refractivity contribution in [1.82, 2.24) is 28.2 Å². The van der Waals surface area contributed by atoms with Gasteiger partial charge in [-0.15, -0.1) is 0 Å². The summed E-state index contributed by atoms with van der Waals surface area (Å²) in [6, 6.07) is 104. The first kappa shape index (κ1) is 44.9. The van der Waals surface area contributed by atoms with E-state index in [-0.39, 0.29) is 0 Å². The smallest absolute Gasteiger partial charge is 0.145 e. The Bertz CT molecular complexity index is 4350. The predicted molar refractivity (Wildman–Crippen MR) is 322 cm³/mol. The van der Waals surface area contributed by atoms with Crippen LogP contribution in [0.15, 0.2) is 291 Å². The van der Waals surface area contributed by atoms with Crippen molar-refractivity contribution in [2.24, 2.45) is 0 Å². The Balaban J connectivity index is 0.874. The second kappa shape index (κ2) is 18.7. The number of benzene rings is 11. The molecule has 0 fully saturated rings. The SMILES string of the molecule is c1ccc(-c2nc(-c3ccc(-n4c5ccccc5c5c6c7ccccc7n(-c7ccc(-c8nc(-c9ccccc9)c(-c9ccccc9)n8-c8ccccc8)cc7)c6ccc54)cc3)n(-c3ccccc3)c2-c2ccccc2)cc1. The quantitative estimate of drug-likeness (QED) is 0.137. The Kier molecular flexibility index (Phi) is 10.7. The van der Waals surface area contributed by atoms with E-state index in [4.69, 9.17) is 9.97 Å². The highest BCUT2D eigenvalue weighted by Gasteiger charge is 2.26. The van der Waals surface area contributed by atoms with Crippen LogP contribution in [0.25, 0.3) is 134 Å². The molecule has 0 amide bonds. The van der Waals surface area contributed by atoms with Crippen molar-refractivity contribution in [2.45, 2.75) is 0 Å². The van der Waals surface area contributed by atoms with Crippen LogP contribution in [-0.2, 0) is 0 Å². The molecule has 0 spiro atoms. The molecular weight excluding hydrogens is 949 g/mol. The van der Waals surface area contributed by atoms with Crippen molar-refractivity contribution in [3.05, 3.63) is 291 Å². The van der Waals surface area contributed by atoms with E-state index in [0.717, 1.165) is 113 Å². The molecule has 0 aliphatic rings. The van der Waals surface area contributed by atoms with Crippen LogP contribution >= 0.6 is 0 Å². The van der Waals surface area contributed by atoms with Crippen molar-refractivity contribution in [1.29, 1.82) is 0 Å². The molecule has 0 N–H and O–H groups in total. The van der Waals surface area contributed by atoms with Gasteiger partial charge in [-0.3, -0.25) is 9.13 Å². The Morgan fingerprint density at radius 3 is 0.859 bits per heavy atom. The van der Waals surface area contributed by atoms with Crippen molar-refractivity contribution in [3.8, 4) is 90.6 Å². The molecule has 4 aromatic heterocycles. The van der Waals surface area contributed by atoms with E-state index in [9.17, 15) is 0 Å². The molecule has 15 aromatic rings. The van der Waals surface area contributed by atoms with Gasteiger partial charge in [0.05, 0.1) is 44.8 Å². The minimum atomic E-state index is 0.880. The zero-order valence-corrected chi connectivity index (χ0v) is 42.4. The van der Waals surface area contributed by atoms with Crippen LogP contribution in [0.4, 0.5) is 0 Å². The largest absolute Gasteiger partial charge is 0.309 e. The summed E-state index contributed by atoms with van der Waals surface area (Å²) >= 11 is 0. The lowest BCUT2D eigenvalue weighted by Crippen LogP contribution is -2.01. The van der Waals surface area contributed by atoms with E-state index < -0.39 is 0 Å². The molecule has 6 heteroatoms. The molecular formula is C72H48N6. The first-order valence-corrected chi connectivity index (χ1v) is 26.5. The van der Waals surface area contributed by atoms with Crippen molar-refractivity contribution in [3.63, 3.8) is 0 Å². The minimum Gasteiger partial charge on any atom is -0.309 e. The Morgan fingerprint density at radius 2 is 0.500 bits per heavy atom. The number of nitrogens with zero attached hydrogens (tertiary/aromatic N) is 6. The summed E-state index contributed by atoms with van der Waals surface area (Å²) in [6.45, 7) is 0. The lowest BCUT2D eigenvalue weighted by atomic mass is 10.0. The molecule has 0 aliphatic carbocycles. The topological polar surface area (TPSA) is 45.5 Å². The van der Waals surface area contributed by atoms with E-state index in [0.29, 0.717) is 0 Å². The third kappa shape index (κ3) is 7.34. The lowest BCUT2D eigenvalue weighted by Gasteiger charge is -2.14. The molecule has 4 heterocycles. The molecule has 0 atom stereocenters. The Morgan fingerprint density at radius 1 is 0.205 bits per heavy atom. The average molecular weight is 997 g/mol. The van der Waals surface area contributed by atoms with Gasteiger partial charge in [0, 0.05) is 77.7 Å². The van der Waals surface area contributed by atoms with Gasteiger partial charge in [-0.05, 0) is 97.1 Å². The summed E-state index contributed by atoms with van der Waals surface area (Å²) in [4.78, 5) is 11.0. The zero-order valence-electron chi connectivity index (χ0n) is 42.4. The molecule has 11 aromatic carbocycles. The third-order valence-electron chi connectivity index (χ3n) is 15.2. The fourth-order valence-electron chi connectivity index (χ4n) is 11.8. The summed E-state index contributed by atoms with van der Waals surface area (Å²) in [5.74, 6) is 1.76. The molecule has 0 aliphatic heterocycles. The fraction of sp³-hybridized carbons (Fsp3) is 0. The van der Waals surface area contributed by atoms with Crippen LogP contribution in [0.1, 0.15) is 0 Å². The van der Waals surface area contributed by atoms with Crippen LogP contribution in [-0.4, -0.2) is 28.2 Å². The number of rotatable bonds is 10. The number of fused-ring (bicyclic) bond motifs is 7. The lowest BCUT2D eigenvalue weighted by molar-refractivity contribution is 1.07. The third-order valence-corrected chi connectivity index (χ3v) is 15.2. The highest BCUT2D eigenvalue weighted by Crippen LogP contribution is 2.45. The maximum absolute atomic E-state index is 5.50. The van der Waals surface area contributed by atoms with Gasteiger partial charge in [-0.2, -0.15) is 0 Å². The second-order valence-electron chi connectivity index (χ2n) is 19.7. The molecule has 6 nitrogen and oxygen atoms in total. The van der Waals surface area contributed by atoms with Crippen LogP contribution in [0.3, 0.4) is 0 Å².